The third-order valence-electron chi connectivity index (χ3n) is 12.9. The van der Waals surface area contributed by atoms with Crippen LogP contribution >= 0.6 is 31.9 Å². The second-order valence-electron chi connectivity index (χ2n) is 14.9. The molecule has 10 atom stereocenters. The van der Waals surface area contributed by atoms with Gasteiger partial charge >= 0.3 is 11.9 Å². The third kappa shape index (κ3) is 7.22. The summed E-state index contributed by atoms with van der Waals surface area (Å²) in [6.45, 7) is 12.9. The number of hydrogen-bond acceptors (Lipinski definition) is 6. The Kier molecular flexibility index (Phi) is 12.9. The van der Waals surface area contributed by atoms with Crippen molar-refractivity contribution in [2.24, 2.45) is 34.5 Å². The van der Waals surface area contributed by atoms with Gasteiger partial charge < -0.3 is 9.47 Å². The second-order valence-corrected chi connectivity index (χ2v) is 14.9. The summed E-state index contributed by atoms with van der Waals surface area (Å²) in [6, 6.07) is 0.746. The Hall–Kier alpha value is -0.180. The van der Waals surface area contributed by atoms with E-state index in [-0.39, 0.29) is 29.6 Å². The molecule has 6 fully saturated rings. The van der Waals surface area contributed by atoms with E-state index in [0.29, 0.717) is 35.3 Å². The number of carbonyl (C=O) groups is 2. The largest absolute Gasteiger partial charge is 0.461 e. The standard InChI is InChI=1S/C33H54N2O4.2CH3Br/c1-22(36)38-30-19-24-11-12-25-26(33(24,4)21-29(30)35-17-9-6-10-18-35)13-14-32(3)27(25)20-28(31(32)39-23(2)37)34-15-7-5-8-16-34;2*1-2/h24-31H,5-21H2,1-4H3;2*1H3/t24-,25+,26-,27-,28-,29-,30-,31-,32-,33-;;/m0../s1. The van der Waals surface area contributed by atoms with E-state index in [1.165, 1.54) is 77.0 Å². The Labute approximate surface area is 279 Å². The molecule has 0 bridgehead atoms. The number of hydrogen-bond donors (Lipinski definition) is 0. The van der Waals surface area contributed by atoms with Gasteiger partial charge in [0.25, 0.3) is 0 Å². The van der Waals surface area contributed by atoms with Crippen LogP contribution in [0.1, 0.15) is 111 Å². The lowest BCUT2D eigenvalue weighted by Crippen LogP contribution is -2.61. The van der Waals surface area contributed by atoms with Gasteiger partial charge in [0.15, 0.2) is 0 Å². The summed E-state index contributed by atoms with van der Waals surface area (Å²) < 4.78 is 12.3. The van der Waals surface area contributed by atoms with Gasteiger partial charge in [0.05, 0.1) is 0 Å². The van der Waals surface area contributed by atoms with Gasteiger partial charge in [0.1, 0.15) is 12.2 Å². The van der Waals surface area contributed by atoms with Crippen molar-refractivity contribution >= 4 is 43.8 Å². The molecule has 0 aromatic rings. The lowest BCUT2D eigenvalue weighted by molar-refractivity contribution is -0.180. The topological polar surface area (TPSA) is 59.1 Å². The van der Waals surface area contributed by atoms with Gasteiger partial charge in [-0.1, -0.05) is 58.5 Å². The number of ether oxygens (including phenoxy) is 2. The van der Waals surface area contributed by atoms with Crippen LogP contribution in [-0.2, 0) is 19.1 Å². The predicted octanol–water partition coefficient (Wildman–Crippen LogP) is 7.84. The number of carbonyl (C=O) groups excluding carboxylic acids is 2. The minimum Gasteiger partial charge on any atom is -0.461 e. The van der Waals surface area contributed by atoms with Gasteiger partial charge in [0.2, 0.25) is 0 Å². The fourth-order valence-electron chi connectivity index (χ4n) is 11.2. The number of fused-ring (bicyclic) bond motifs is 5. The molecule has 0 spiro atoms. The molecule has 4 aliphatic carbocycles. The Bertz CT molecular complexity index is 926. The summed E-state index contributed by atoms with van der Waals surface area (Å²) in [5.41, 5.74) is 0.377. The zero-order chi connectivity index (χ0) is 31.4. The smallest absolute Gasteiger partial charge is 0.302 e. The molecular formula is C35H60Br2N2O4. The Morgan fingerprint density at radius 1 is 0.674 bits per heavy atom. The zero-order valence-corrected chi connectivity index (χ0v) is 31.1. The molecule has 2 saturated heterocycles. The van der Waals surface area contributed by atoms with E-state index in [0.717, 1.165) is 38.5 Å². The molecule has 0 unspecified atom stereocenters. The lowest BCUT2D eigenvalue weighted by atomic mass is 9.44. The SMILES string of the molecule is CBr.CBr.CC(=O)O[C@H]1C[C@@H]2CC[C@@H]3[C@H](CC[C@@]4(C)[C@H]3C[C@H](N3CCCCC3)[C@@H]4OC(C)=O)[C@@]2(C)C[C@@H]1N1CCCCC1. The van der Waals surface area contributed by atoms with Crippen molar-refractivity contribution < 1.29 is 19.1 Å². The first-order valence-electron chi connectivity index (χ1n) is 17.3. The predicted molar refractivity (Wildman–Crippen MR) is 182 cm³/mol. The van der Waals surface area contributed by atoms with Gasteiger partial charge in [-0.3, -0.25) is 19.4 Å². The number of esters is 2. The molecule has 0 amide bonds. The third-order valence-corrected chi connectivity index (χ3v) is 12.9. The van der Waals surface area contributed by atoms with Crippen LogP contribution in [0.25, 0.3) is 0 Å². The minimum atomic E-state index is -0.112. The van der Waals surface area contributed by atoms with Crippen molar-refractivity contribution in [1.29, 1.82) is 0 Å². The zero-order valence-electron chi connectivity index (χ0n) is 27.9. The number of rotatable bonds is 4. The van der Waals surface area contributed by atoms with Gasteiger partial charge in [0, 0.05) is 31.3 Å². The van der Waals surface area contributed by atoms with Crippen molar-refractivity contribution in [3.8, 4) is 0 Å². The Balaban J connectivity index is 0.00000102. The average molecular weight is 733 g/mol. The fourth-order valence-corrected chi connectivity index (χ4v) is 11.2. The van der Waals surface area contributed by atoms with Crippen LogP contribution in [0.5, 0.6) is 0 Å². The first-order valence-corrected chi connectivity index (χ1v) is 20.5. The molecule has 4 saturated carbocycles. The van der Waals surface area contributed by atoms with E-state index in [1.54, 1.807) is 13.8 Å². The first kappa shape index (κ1) is 35.7. The molecule has 6 nitrogen and oxygen atoms in total. The highest BCUT2D eigenvalue weighted by Crippen LogP contribution is 2.67. The normalized spacial score (nSPS) is 42.9. The van der Waals surface area contributed by atoms with Crippen LogP contribution in [0, 0.1) is 34.5 Å². The fraction of sp³-hybridized carbons (Fsp3) is 0.943. The quantitative estimate of drug-likeness (QED) is 0.217. The summed E-state index contributed by atoms with van der Waals surface area (Å²) >= 11 is 5.88. The Morgan fingerprint density at radius 3 is 1.79 bits per heavy atom. The molecule has 0 aromatic carbocycles. The van der Waals surface area contributed by atoms with Gasteiger partial charge in [-0.2, -0.15) is 0 Å². The van der Waals surface area contributed by atoms with Gasteiger partial charge in [-0.15, -0.1) is 0 Å². The Morgan fingerprint density at radius 2 is 1.23 bits per heavy atom. The first-order chi connectivity index (χ1) is 20.7. The molecule has 2 aliphatic heterocycles. The van der Waals surface area contributed by atoms with E-state index < -0.39 is 0 Å². The van der Waals surface area contributed by atoms with E-state index in [1.807, 2.05) is 11.7 Å². The number of likely N-dealkylation sites (tertiary alicyclic amines) is 2. The van der Waals surface area contributed by atoms with Gasteiger partial charge in [-0.05, 0) is 138 Å². The average Bonchev–Trinajstić information content (AvgIpc) is 3.31. The van der Waals surface area contributed by atoms with Crippen LogP contribution < -0.4 is 0 Å². The number of halogens is 2. The molecule has 6 rings (SSSR count). The lowest BCUT2D eigenvalue weighted by Gasteiger charge is -2.62. The molecule has 0 N–H and O–H groups in total. The van der Waals surface area contributed by atoms with Gasteiger partial charge in [-0.25, -0.2) is 0 Å². The summed E-state index contributed by atoms with van der Waals surface area (Å²) in [4.78, 5) is 29.9. The minimum absolute atomic E-state index is 0.0328. The molecule has 248 valence electrons. The maximum absolute atomic E-state index is 12.4. The van der Waals surface area contributed by atoms with Crippen molar-refractivity contribution in [2.45, 2.75) is 135 Å². The van der Waals surface area contributed by atoms with Crippen molar-refractivity contribution in [1.82, 2.24) is 9.80 Å². The highest BCUT2D eigenvalue weighted by molar-refractivity contribution is 9.09. The van der Waals surface area contributed by atoms with Crippen LogP contribution in [0.15, 0.2) is 0 Å². The number of nitrogens with zero attached hydrogens (tertiary/aromatic N) is 2. The molecule has 43 heavy (non-hydrogen) atoms. The van der Waals surface area contributed by atoms with Crippen LogP contribution in [0.2, 0.25) is 0 Å². The van der Waals surface area contributed by atoms with E-state index in [2.05, 4.69) is 55.5 Å². The van der Waals surface area contributed by atoms with Crippen molar-refractivity contribution in [3.05, 3.63) is 0 Å². The van der Waals surface area contributed by atoms with Crippen molar-refractivity contribution in [2.75, 3.05) is 37.8 Å². The van der Waals surface area contributed by atoms with Crippen LogP contribution in [0.4, 0.5) is 0 Å². The summed E-state index contributed by atoms with van der Waals surface area (Å²) in [6.07, 6.45) is 16.2. The van der Waals surface area contributed by atoms with E-state index in [9.17, 15) is 9.59 Å². The summed E-state index contributed by atoms with van der Waals surface area (Å²) in [7, 11) is 0. The van der Waals surface area contributed by atoms with Crippen molar-refractivity contribution in [3.63, 3.8) is 0 Å². The molecule has 2 heterocycles. The molecule has 0 radical (unpaired) electrons. The van der Waals surface area contributed by atoms with Crippen LogP contribution in [-0.4, -0.2) is 83.9 Å². The monoisotopic (exact) mass is 730 g/mol. The maximum atomic E-state index is 12.4. The maximum Gasteiger partial charge on any atom is 0.302 e. The van der Waals surface area contributed by atoms with Crippen LogP contribution in [0.3, 0.4) is 0 Å². The summed E-state index contributed by atoms with van der Waals surface area (Å²) in [5.74, 6) is 6.11. The van der Waals surface area contributed by atoms with E-state index >= 15 is 0 Å². The molecule has 6 aliphatic rings. The van der Waals surface area contributed by atoms with E-state index in [4.69, 9.17) is 9.47 Å². The molecule has 8 heteroatoms. The molecular weight excluding hydrogens is 672 g/mol. The molecule has 0 aromatic heterocycles. The number of alkyl halides is 2. The highest BCUT2D eigenvalue weighted by atomic mass is 79.9. The summed E-state index contributed by atoms with van der Waals surface area (Å²) in [5, 5.41) is 0. The second kappa shape index (κ2) is 15.6. The number of piperidine rings is 2. The highest BCUT2D eigenvalue weighted by Gasteiger charge is 2.65.